The highest BCUT2D eigenvalue weighted by Crippen LogP contribution is 2.31. The molecular weight excluding hydrogens is 252 g/mol. The second-order valence-corrected chi connectivity index (χ2v) is 7.79. The van der Waals surface area contributed by atoms with Crippen molar-refractivity contribution in [1.82, 2.24) is 4.90 Å². The second-order valence-electron chi connectivity index (χ2n) is 5.99. The van der Waals surface area contributed by atoms with Gasteiger partial charge >= 0.3 is 0 Å². The Kier molecular flexibility index (Phi) is 5.17. The van der Waals surface area contributed by atoms with E-state index < -0.39 is 0 Å². The minimum absolute atomic E-state index is 0.446. The molecule has 19 heavy (non-hydrogen) atoms. The van der Waals surface area contributed by atoms with E-state index in [1.54, 1.807) is 0 Å². The van der Waals surface area contributed by atoms with Crippen LogP contribution in [-0.2, 0) is 0 Å². The number of nitrogens with one attached hydrogen (secondary N) is 1. The van der Waals surface area contributed by atoms with Gasteiger partial charge in [0.2, 0.25) is 0 Å². The SMILES string of the molecule is CC(CNc1ccccc1)N1CCSC(C)(C)CC1. The molecule has 1 heterocycles. The highest BCUT2D eigenvalue weighted by molar-refractivity contribution is 8.00. The van der Waals surface area contributed by atoms with Crippen molar-refractivity contribution >= 4 is 17.4 Å². The Morgan fingerprint density at radius 1 is 1.26 bits per heavy atom. The summed E-state index contributed by atoms with van der Waals surface area (Å²) in [5, 5.41) is 3.53. The van der Waals surface area contributed by atoms with Gasteiger partial charge in [0.15, 0.2) is 0 Å². The van der Waals surface area contributed by atoms with Gasteiger partial charge in [-0.3, -0.25) is 4.90 Å². The normalized spacial score (nSPS) is 21.6. The maximum Gasteiger partial charge on any atom is 0.0340 e. The average Bonchev–Trinajstić information content (AvgIpc) is 2.58. The van der Waals surface area contributed by atoms with Gasteiger partial charge in [-0.05, 0) is 32.0 Å². The van der Waals surface area contributed by atoms with Crippen molar-refractivity contribution in [3.8, 4) is 0 Å². The molecule has 0 bridgehead atoms. The summed E-state index contributed by atoms with van der Waals surface area (Å²) in [5.41, 5.74) is 1.22. The van der Waals surface area contributed by atoms with E-state index in [1.807, 2.05) is 0 Å². The third kappa shape index (κ3) is 4.73. The van der Waals surface area contributed by atoms with Gasteiger partial charge in [-0.15, -0.1) is 0 Å². The van der Waals surface area contributed by atoms with E-state index in [0.717, 1.165) is 6.54 Å². The molecule has 1 aliphatic heterocycles. The first-order chi connectivity index (χ1) is 9.07. The molecule has 0 radical (unpaired) electrons. The Morgan fingerprint density at radius 2 is 2.00 bits per heavy atom. The van der Waals surface area contributed by atoms with Gasteiger partial charge in [-0.1, -0.05) is 32.0 Å². The Bertz CT molecular complexity index is 378. The van der Waals surface area contributed by atoms with Crippen LogP contribution in [0.25, 0.3) is 0 Å². The predicted octanol–water partition coefficient (Wildman–Crippen LogP) is 3.70. The molecule has 2 rings (SSSR count). The number of nitrogens with zero attached hydrogens (tertiary/aromatic N) is 1. The van der Waals surface area contributed by atoms with Crippen molar-refractivity contribution in [2.24, 2.45) is 0 Å². The summed E-state index contributed by atoms with van der Waals surface area (Å²) in [4.78, 5) is 2.62. The molecule has 1 aromatic carbocycles. The van der Waals surface area contributed by atoms with E-state index >= 15 is 0 Å². The molecule has 1 atom stereocenters. The quantitative estimate of drug-likeness (QED) is 0.904. The zero-order valence-corrected chi connectivity index (χ0v) is 13.2. The fourth-order valence-electron chi connectivity index (χ4n) is 2.43. The van der Waals surface area contributed by atoms with Gasteiger partial charge in [-0.2, -0.15) is 11.8 Å². The van der Waals surface area contributed by atoms with E-state index in [9.17, 15) is 0 Å². The van der Waals surface area contributed by atoms with Crippen LogP contribution >= 0.6 is 11.8 Å². The number of benzene rings is 1. The second kappa shape index (κ2) is 6.67. The van der Waals surface area contributed by atoms with Crippen molar-refractivity contribution in [3.05, 3.63) is 30.3 Å². The van der Waals surface area contributed by atoms with Crippen LogP contribution in [0.3, 0.4) is 0 Å². The third-order valence-electron chi connectivity index (χ3n) is 3.87. The molecule has 3 heteroatoms. The van der Waals surface area contributed by atoms with E-state index in [0.29, 0.717) is 10.8 Å². The fourth-order valence-corrected chi connectivity index (χ4v) is 3.54. The predicted molar refractivity (Wildman–Crippen MR) is 87.1 cm³/mol. The van der Waals surface area contributed by atoms with E-state index in [-0.39, 0.29) is 0 Å². The smallest absolute Gasteiger partial charge is 0.0340 e. The van der Waals surface area contributed by atoms with Crippen LogP contribution in [-0.4, -0.2) is 41.1 Å². The van der Waals surface area contributed by atoms with E-state index in [1.165, 1.54) is 31.0 Å². The van der Waals surface area contributed by atoms with Crippen molar-refractivity contribution in [2.45, 2.75) is 38.0 Å². The first-order valence-corrected chi connectivity index (χ1v) is 8.22. The number of para-hydroxylation sites is 1. The minimum Gasteiger partial charge on any atom is -0.383 e. The molecule has 1 fully saturated rings. The zero-order valence-electron chi connectivity index (χ0n) is 12.4. The molecule has 2 nitrogen and oxygen atoms in total. The standard InChI is InChI=1S/C16H26N2S/c1-14(13-17-15-7-5-4-6-8-15)18-10-9-16(2,3)19-12-11-18/h4-8,14,17H,9-13H2,1-3H3. The first kappa shape index (κ1) is 14.7. The fraction of sp³-hybridized carbons (Fsp3) is 0.625. The molecular formula is C16H26N2S. The van der Waals surface area contributed by atoms with Gasteiger partial charge in [0.1, 0.15) is 0 Å². The summed E-state index contributed by atoms with van der Waals surface area (Å²) in [6.07, 6.45) is 1.29. The van der Waals surface area contributed by atoms with Crippen LogP contribution < -0.4 is 5.32 Å². The molecule has 0 aromatic heterocycles. The zero-order chi connectivity index (χ0) is 13.7. The summed E-state index contributed by atoms with van der Waals surface area (Å²) >= 11 is 2.11. The summed E-state index contributed by atoms with van der Waals surface area (Å²) in [7, 11) is 0. The van der Waals surface area contributed by atoms with Crippen molar-refractivity contribution in [2.75, 3.05) is 30.7 Å². The molecule has 1 saturated heterocycles. The number of thioether (sulfide) groups is 1. The summed E-state index contributed by atoms with van der Waals surface area (Å²) in [6, 6.07) is 11.1. The lowest BCUT2D eigenvalue weighted by atomic mass is 10.1. The van der Waals surface area contributed by atoms with Crippen LogP contribution in [0.4, 0.5) is 5.69 Å². The number of hydrogen-bond donors (Lipinski definition) is 1. The summed E-state index contributed by atoms with van der Waals surface area (Å²) in [5.74, 6) is 1.25. The maximum absolute atomic E-state index is 3.53. The van der Waals surface area contributed by atoms with Crippen molar-refractivity contribution < 1.29 is 0 Å². The third-order valence-corrected chi connectivity index (χ3v) is 5.24. The topological polar surface area (TPSA) is 15.3 Å². The molecule has 0 amide bonds. The monoisotopic (exact) mass is 278 g/mol. The van der Waals surface area contributed by atoms with Crippen LogP contribution in [0.1, 0.15) is 27.2 Å². The van der Waals surface area contributed by atoms with Crippen LogP contribution in [0, 0.1) is 0 Å². The van der Waals surface area contributed by atoms with Gasteiger partial charge in [0, 0.05) is 35.3 Å². The largest absolute Gasteiger partial charge is 0.383 e. The van der Waals surface area contributed by atoms with Crippen LogP contribution in [0.2, 0.25) is 0 Å². The molecule has 0 saturated carbocycles. The number of rotatable bonds is 4. The first-order valence-electron chi connectivity index (χ1n) is 7.24. The maximum atomic E-state index is 3.53. The molecule has 1 unspecified atom stereocenters. The van der Waals surface area contributed by atoms with E-state index in [2.05, 4.69) is 73.1 Å². The van der Waals surface area contributed by atoms with Crippen LogP contribution in [0.5, 0.6) is 0 Å². The van der Waals surface area contributed by atoms with Gasteiger partial charge < -0.3 is 5.32 Å². The average molecular weight is 278 g/mol. The molecule has 1 aromatic rings. The van der Waals surface area contributed by atoms with Crippen LogP contribution in [0.15, 0.2) is 30.3 Å². The Morgan fingerprint density at radius 3 is 2.74 bits per heavy atom. The highest BCUT2D eigenvalue weighted by Gasteiger charge is 2.25. The Hall–Kier alpha value is -0.670. The minimum atomic E-state index is 0.446. The molecule has 0 aliphatic carbocycles. The molecule has 106 valence electrons. The summed E-state index contributed by atoms with van der Waals surface area (Å²) < 4.78 is 0.446. The van der Waals surface area contributed by atoms with Crippen molar-refractivity contribution in [1.29, 1.82) is 0 Å². The van der Waals surface area contributed by atoms with Gasteiger partial charge in [0.25, 0.3) is 0 Å². The highest BCUT2D eigenvalue weighted by atomic mass is 32.2. The molecule has 0 spiro atoms. The lowest BCUT2D eigenvalue weighted by Gasteiger charge is -2.28. The molecule has 1 aliphatic rings. The Balaban J connectivity index is 1.81. The molecule has 1 N–H and O–H groups in total. The van der Waals surface area contributed by atoms with E-state index in [4.69, 9.17) is 0 Å². The number of anilines is 1. The van der Waals surface area contributed by atoms with Crippen molar-refractivity contribution in [3.63, 3.8) is 0 Å². The van der Waals surface area contributed by atoms with Gasteiger partial charge in [0.05, 0.1) is 0 Å². The van der Waals surface area contributed by atoms with Gasteiger partial charge in [-0.25, -0.2) is 0 Å². The lowest BCUT2D eigenvalue weighted by molar-refractivity contribution is 0.226. The summed E-state index contributed by atoms with van der Waals surface area (Å²) in [6.45, 7) is 10.5. The number of hydrogen-bond acceptors (Lipinski definition) is 3. The lowest BCUT2D eigenvalue weighted by Crippen LogP contribution is -2.39. The Labute approximate surface area is 122 Å².